The van der Waals surface area contributed by atoms with Crippen LogP contribution in [0.5, 0.6) is 0 Å². The minimum atomic E-state index is 0.0345. The molecule has 134 valence electrons. The van der Waals surface area contributed by atoms with Crippen molar-refractivity contribution in [3.63, 3.8) is 0 Å². The van der Waals surface area contributed by atoms with Gasteiger partial charge in [-0.1, -0.05) is 29.3 Å². The van der Waals surface area contributed by atoms with Gasteiger partial charge in [-0.25, -0.2) is 0 Å². The van der Waals surface area contributed by atoms with E-state index in [1.165, 1.54) is 0 Å². The van der Waals surface area contributed by atoms with E-state index in [1.807, 2.05) is 31.1 Å². The van der Waals surface area contributed by atoms with E-state index in [9.17, 15) is 4.79 Å². The number of nitrogens with zero attached hydrogens (tertiary/aromatic N) is 4. The Morgan fingerprint density at radius 3 is 2.64 bits per heavy atom. The number of likely N-dealkylation sites (tertiary alicyclic amines) is 1. The maximum absolute atomic E-state index is 12.5. The molecule has 1 aliphatic rings. The first-order chi connectivity index (χ1) is 11.9. The van der Waals surface area contributed by atoms with E-state index in [0.29, 0.717) is 15.6 Å². The third kappa shape index (κ3) is 4.35. The van der Waals surface area contributed by atoms with Crippen LogP contribution in [0.25, 0.3) is 0 Å². The van der Waals surface area contributed by atoms with Crippen molar-refractivity contribution in [1.82, 2.24) is 19.6 Å². The van der Waals surface area contributed by atoms with Crippen LogP contribution < -0.4 is 0 Å². The average molecular weight is 381 g/mol. The highest BCUT2D eigenvalue weighted by Crippen LogP contribution is 2.24. The van der Waals surface area contributed by atoms with Crippen molar-refractivity contribution in [2.45, 2.75) is 25.4 Å². The zero-order chi connectivity index (χ0) is 18.0. The van der Waals surface area contributed by atoms with Gasteiger partial charge in [0.25, 0.3) is 5.91 Å². The van der Waals surface area contributed by atoms with E-state index >= 15 is 0 Å². The Hall–Kier alpha value is -1.56. The molecular weight excluding hydrogens is 359 g/mol. The van der Waals surface area contributed by atoms with Crippen LogP contribution in [0.2, 0.25) is 10.0 Å². The van der Waals surface area contributed by atoms with Crippen molar-refractivity contribution in [2.75, 3.05) is 20.1 Å². The average Bonchev–Trinajstić information content (AvgIpc) is 3.03. The highest BCUT2D eigenvalue weighted by Gasteiger charge is 2.26. The van der Waals surface area contributed by atoms with E-state index in [4.69, 9.17) is 23.2 Å². The van der Waals surface area contributed by atoms with Gasteiger partial charge in [-0.3, -0.25) is 14.4 Å². The third-order valence-corrected chi connectivity index (χ3v) is 5.37. The molecule has 1 saturated heterocycles. The topological polar surface area (TPSA) is 41.4 Å². The second-order valence-electron chi connectivity index (χ2n) is 6.56. The summed E-state index contributed by atoms with van der Waals surface area (Å²) in [5.74, 6) is 0.0345. The summed E-state index contributed by atoms with van der Waals surface area (Å²) in [6.07, 6.45) is 5.29. The van der Waals surface area contributed by atoms with Gasteiger partial charge in [-0.05, 0) is 30.5 Å². The lowest BCUT2D eigenvalue weighted by molar-refractivity contribution is 0.0636. The second kappa shape index (κ2) is 7.77. The van der Waals surface area contributed by atoms with E-state index in [2.05, 4.69) is 10.00 Å². The molecule has 0 atom stereocenters. The molecule has 1 aromatic heterocycles. The molecule has 0 radical (unpaired) electrons. The maximum Gasteiger partial charge on any atom is 0.257 e. The first kappa shape index (κ1) is 18.2. The molecule has 0 unspecified atom stereocenters. The van der Waals surface area contributed by atoms with Gasteiger partial charge in [-0.15, -0.1) is 0 Å². The molecule has 0 saturated carbocycles. The number of amides is 1. The fraction of sp³-hybridized carbons (Fsp3) is 0.444. The molecule has 2 heterocycles. The highest BCUT2D eigenvalue weighted by atomic mass is 35.5. The number of halogens is 2. The zero-order valence-electron chi connectivity index (χ0n) is 14.5. The van der Waals surface area contributed by atoms with Crippen molar-refractivity contribution in [3.8, 4) is 0 Å². The Bertz CT molecular complexity index is 753. The van der Waals surface area contributed by atoms with Gasteiger partial charge in [0.15, 0.2) is 0 Å². The maximum atomic E-state index is 12.5. The third-order valence-electron chi connectivity index (χ3n) is 4.79. The van der Waals surface area contributed by atoms with Gasteiger partial charge < -0.3 is 4.90 Å². The van der Waals surface area contributed by atoms with Gasteiger partial charge in [0.1, 0.15) is 0 Å². The number of benzene rings is 1. The summed E-state index contributed by atoms with van der Waals surface area (Å²) in [5, 5.41) is 5.44. The van der Waals surface area contributed by atoms with Crippen LogP contribution in [0, 0.1) is 0 Å². The van der Waals surface area contributed by atoms with Crippen molar-refractivity contribution >= 4 is 29.1 Å². The van der Waals surface area contributed by atoms with Gasteiger partial charge in [0, 0.05) is 56.0 Å². The lowest BCUT2D eigenvalue weighted by atomic mass is 10.0. The van der Waals surface area contributed by atoms with Crippen molar-refractivity contribution < 1.29 is 4.79 Å². The number of rotatable bonds is 4. The van der Waals surface area contributed by atoms with Crippen molar-refractivity contribution in [2.24, 2.45) is 7.05 Å². The van der Waals surface area contributed by atoms with Gasteiger partial charge in [0.05, 0.1) is 11.8 Å². The molecule has 2 aromatic rings. The van der Waals surface area contributed by atoms with E-state index in [-0.39, 0.29) is 11.9 Å². The molecule has 1 fully saturated rings. The smallest absolute Gasteiger partial charge is 0.257 e. The summed E-state index contributed by atoms with van der Waals surface area (Å²) in [5.41, 5.74) is 1.73. The zero-order valence-corrected chi connectivity index (χ0v) is 16.0. The molecule has 25 heavy (non-hydrogen) atoms. The van der Waals surface area contributed by atoms with Crippen LogP contribution in [-0.4, -0.2) is 51.7 Å². The predicted octanol–water partition coefficient (Wildman–Crippen LogP) is 3.46. The summed E-state index contributed by atoms with van der Waals surface area (Å²) in [4.78, 5) is 16.8. The molecule has 1 aromatic carbocycles. The SMILES string of the molecule is CN(C(=O)c1cnn(C)c1)C1CCN(Cc2ccc(Cl)cc2Cl)CC1. The Morgan fingerprint density at radius 2 is 2.04 bits per heavy atom. The molecule has 0 N–H and O–H groups in total. The summed E-state index contributed by atoms with van der Waals surface area (Å²) in [7, 11) is 3.70. The van der Waals surface area contributed by atoms with E-state index < -0.39 is 0 Å². The Morgan fingerprint density at radius 1 is 1.32 bits per heavy atom. The van der Waals surface area contributed by atoms with Crippen molar-refractivity contribution in [1.29, 1.82) is 0 Å². The first-order valence-corrected chi connectivity index (χ1v) is 9.11. The van der Waals surface area contributed by atoms with Crippen LogP contribution in [0.15, 0.2) is 30.6 Å². The highest BCUT2D eigenvalue weighted by molar-refractivity contribution is 6.35. The molecule has 1 amide bonds. The van der Waals surface area contributed by atoms with Crippen LogP contribution >= 0.6 is 23.2 Å². The Labute approximate surface area is 158 Å². The Balaban J connectivity index is 1.55. The molecular formula is C18H22Cl2N4O. The van der Waals surface area contributed by atoms with Gasteiger partial charge in [-0.2, -0.15) is 5.10 Å². The minimum absolute atomic E-state index is 0.0345. The number of carbonyl (C=O) groups excluding carboxylic acids is 1. The van der Waals surface area contributed by atoms with Crippen LogP contribution in [0.1, 0.15) is 28.8 Å². The fourth-order valence-electron chi connectivity index (χ4n) is 3.26. The molecule has 7 heteroatoms. The van der Waals surface area contributed by atoms with Crippen molar-refractivity contribution in [3.05, 3.63) is 51.8 Å². The largest absolute Gasteiger partial charge is 0.339 e. The first-order valence-electron chi connectivity index (χ1n) is 8.36. The monoisotopic (exact) mass is 380 g/mol. The number of carbonyl (C=O) groups is 1. The van der Waals surface area contributed by atoms with E-state index in [0.717, 1.165) is 38.0 Å². The lowest BCUT2D eigenvalue weighted by Crippen LogP contribution is -2.45. The molecule has 5 nitrogen and oxygen atoms in total. The molecule has 0 spiro atoms. The lowest BCUT2D eigenvalue weighted by Gasteiger charge is -2.36. The summed E-state index contributed by atoms with van der Waals surface area (Å²) in [6, 6.07) is 5.89. The number of piperidine rings is 1. The Kier molecular flexibility index (Phi) is 5.67. The van der Waals surface area contributed by atoms with Gasteiger partial charge in [0.2, 0.25) is 0 Å². The fourth-order valence-corrected chi connectivity index (χ4v) is 3.72. The molecule has 1 aliphatic heterocycles. The van der Waals surface area contributed by atoms with Gasteiger partial charge >= 0.3 is 0 Å². The molecule has 0 aliphatic carbocycles. The predicted molar refractivity (Wildman–Crippen MR) is 100 cm³/mol. The minimum Gasteiger partial charge on any atom is -0.339 e. The van der Waals surface area contributed by atoms with E-state index in [1.54, 1.807) is 23.1 Å². The number of aromatic nitrogens is 2. The number of aryl methyl sites for hydroxylation is 1. The summed E-state index contributed by atoms with van der Waals surface area (Å²) >= 11 is 12.2. The quantitative estimate of drug-likeness (QED) is 0.815. The summed E-state index contributed by atoms with van der Waals surface area (Å²) in [6.45, 7) is 2.69. The molecule has 0 bridgehead atoms. The second-order valence-corrected chi connectivity index (χ2v) is 7.41. The van der Waals surface area contributed by atoms with Crippen LogP contribution in [0.4, 0.5) is 0 Å². The standard InChI is InChI=1S/C18H22Cl2N4O/c1-22-11-14(10-21-22)18(25)23(2)16-5-7-24(8-6-16)12-13-3-4-15(19)9-17(13)20/h3-4,9-11,16H,5-8,12H2,1-2H3. The number of hydrogen-bond donors (Lipinski definition) is 0. The number of hydrogen-bond acceptors (Lipinski definition) is 3. The normalized spacial score (nSPS) is 16.2. The van der Waals surface area contributed by atoms with Crippen LogP contribution in [0.3, 0.4) is 0 Å². The molecule has 3 rings (SSSR count). The van der Waals surface area contributed by atoms with Crippen LogP contribution in [-0.2, 0) is 13.6 Å². The summed E-state index contributed by atoms with van der Waals surface area (Å²) < 4.78 is 1.65.